The van der Waals surface area contributed by atoms with E-state index in [2.05, 4.69) is 0 Å². The number of aliphatic carboxylic acids is 1. The molecule has 15 heavy (non-hydrogen) atoms. The molecule has 2 atom stereocenters. The van der Waals surface area contributed by atoms with E-state index in [4.69, 9.17) is 14.9 Å². The second kappa shape index (κ2) is 6.02. The zero-order valence-electron chi connectivity index (χ0n) is 8.50. The van der Waals surface area contributed by atoms with Gasteiger partial charge in [0.15, 0.2) is 0 Å². The van der Waals surface area contributed by atoms with Crippen LogP contribution in [0.15, 0.2) is 0 Å². The van der Waals surface area contributed by atoms with Crippen LogP contribution in [0.3, 0.4) is 0 Å². The fourth-order valence-electron chi connectivity index (χ4n) is 1.62. The van der Waals surface area contributed by atoms with E-state index in [9.17, 15) is 9.90 Å². The van der Waals surface area contributed by atoms with Gasteiger partial charge in [-0.05, 0) is 0 Å². The Morgan fingerprint density at radius 2 is 2.33 bits per heavy atom. The quantitative estimate of drug-likeness (QED) is 0.522. The lowest BCUT2D eigenvalue weighted by Gasteiger charge is -2.32. The number of carboxylic acid groups (broad SMARTS) is 1. The summed E-state index contributed by atoms with van der Waals surface area (Å²) in [5.74, 6) is -1.01. The van der Waals surface area contributed by atoms with Crippen LogP contribution in [-0.4, -0.2) is 71.2 Å². The lowest BCUT2D eigenvalue weighted by molar-refractivity contribution is -0.139. The van der Waals surface area contributed by atoms with Crippen LogP contribution in [0, 0.1) is 0 Å². The summed E-state index contributed by atoms with van der Waals surface area (Å²) in [6.45, 7) is 1.96. The van der Waals surface area contributed by atoms with Crippen molar-refractivity contribution in [2.75, 3.05) is 32.8 Å². The van der Waals surface area contributed by atoms with Crippen molar-refractivity contribution in [1.29, 1.82) is 0 Å². The van der Waals surface area contributed by atoms with Gasteiger partial charge in [0.25, 0.3) is 0 Å². The van der Waals surface area contributed by atoms with Gasteiger partial charge in [0, 0.05) is 19.6 Å². The van der Waals surface area contributed by atoms with E-state index >= 15 is 0 Å². The van der Waals surface area contributed by atoms with Gasteiger partial charge in [0.2, 0.25) is 0 Å². The van der Waals surface area contributed by atoms with Crippen molar-refractivity contribution in [3.8, 4) is 0 Å². The number of nitrogens with zero attached hydrogens (tertiary/aromatic N) is 1. The van der Waals surface area contributed by atoms with Crippen molar-refractivity contribution >= 4 is 5.97 Å². The number of β-amino-alcohol motifs (C(OH)–C–C–N with tert-alkyl or cyclic N) is 1. The average molecular weight is 219 g/mol. The molecule has 0 radical (unpaired) electrons. The largest absolute Gasteiger partial charge is 0.481 e. The highest BCUT2D eigenvalue weighted by Gasteiger charge is 2.22. The zero-order chi connectivity index (χ0) is 11.3. The van der Waals surface area contributed by atoms with Gasteiger partial charge in [0.1, 0.15) is 0 Å². The molecule has 1 heterocycles. The summed E-state index contributed by atoms with van der Waals surface area (Å²) in [5.41, 5.74) is 0. The van der Waals surface area contributed by atoms with E-state index in [-0.39, 0.29) is 19.1 Å². The highest BCUT2D eigenvalue weighted by Crippen LogP contribution is 2.06. The van der Waals surface area contributed by atoms with Crippen LogP contribution in [0.4, 0.5) is 0 Å². The maximum atomic E-state index is 10.3. The van der Waals surface area contributed by atoms with Crippen LogP contribution in [0.5, 0.6) is 0 Å². The van der Waals surface area contributed by atoms with Gasteiger partial charge in [0.05, 0.1) is 31.8 Å². The Hall–Kier alpha value is -0.690. The summed E-state index contributed by atoms with van der Waals surface area (Å²) in [7, 11) is 0. The summed E-state index contributed by atoms with van der Waals surface area (Å²) in [6.07, 6.45) is -1.34. The Kier molecular flexibility index (Phi) is 4.97. The van der Waals surface area contributed by atoms with Crippen LogP contribution in [-0.2, 0) is 9.53 Å². The van der Waals surface area contributed by atoms with E-state index in [1.165, 1.54) is 0 Å². The Morgan fingerprint density at radius 3 is 2.93 bits per heavy atom. The molecular formula is C9H17NO5. The smallest absolute Gasteiger partial charge is 0.306 e. The summed E-state index contributed by atoms with van der Waals surface area (Å²) in [6, 6.07) is 0. The van der Waals surface area contributed by atoms with Gasteiger partial charge < -0.3 is 20.1 Å². The second-order valence-electron chi connectivity index (χ2n) is 3.69. The molecule has 0 aromatic heterocycles. The third-order valence-electron chi connectivity index (χ3n) is 2.31. The molecule has 1 fully saturated rings. The number of aliphatic hydroxyl groups is 2. The first kappa shape index (κ1) is 12.4. The summed E-state index contributed by atoms with van der Waals surface area (Å²) < 4.78 is 5.23. The minimum Gasteiger partial charge on any atom is -0.481 e. The Labute approximate surface area is 88.1 Å². The van der Waals surface area contributed by atoms with Gasteiger partial charge in [-0.2, -0.15) is 0 Å². The second-order valence-corrected chi connectivity index (χ2v) is 3.69. The lowest BCUT2D eigenvalue weighted by Crippen LogP contribution is -2.47. The number of morpholine rings is 1. The topological polar surface area (TPSA) is 90.2 Å². The molecular weight excluding hydrogens is 202 g/mol. The molecule has 0 spiro atoms. The maximum absolute atomic E-state index is 10.3. The van der Waals surface area contributed by atoms with Crippen LogP contribution in [0.25, 0.3) is 0 Å². The molecule has 0 saturated carbocycles. The summed E-state index contributed by atoms with van der Waals surface area (Å²) in [5, 5.41) is 26.8. The molecule has 88 valence electrons. The monoisotopic (exact) mass is 219 g/mol. The molecule has 0 amide bonds. The predicted octanol–water partition coefficient (Wildman–Crippen LogP) is -1.48. The van der Waals surface area contributed by atoms with E-state index in [1.807, 2.05) is 4.90 Å². The van der Waals surface area contributed by atoms with Gasteiger partial charge in [-0.3, -0.25) is 9.69 Å². The van der Waals surface area contributed by atoms with Crippen molar-refractivity contribution in [1.82, 2.24) is 4.90 Å². The van der Waals surface area contributed by atoms with Crippen molar-refractivity contribution in [3.63, 3.8) is 0 Å². The van der Waals surface area contributed by atoms with Gasteiger partial charge in [-0.1, -0.05) is 0 Å². The van der Waals surface area contributed by atoms with Crippen molar-refractivity contribution < 1.29 is 24.9 Å². The van der Waals surface area contributed by atoms with E-state index in [0.29, 0.717) is 26.2 Å². The number of hydrogen-bond acceptors (Lipinski definition) is 5. The fourth-order valence-corrected chi connectivity index (χ4v) is 1.62. The molecule has 0 bridgehead atoms. The summed E-state index contributed by atoms with van der Waals surface area (Å²) >= 11 is 0. The molecule has 2 unspecified atom stereocenters. The first-order chi connectivity index (χ1) is 7.11. The van der Waals surface area contributed by atoms with Crippen molar-refractivity contribution in [2.24, 2.45) is 0 Å². The molecule has 0 aromatic carbocycles. The molecule has 0 aliphatic carbocycles. The lowest BCUT2D eigenvalue weighted by atomic mass is 10.2. The Morgan fingerprint density at radius 1 is 1.60 bits per heavy atom. The minimum atomic E-state index is -1.01. The molecule has 1 saturated heterocycles. The molecule has 0 aromatic rings. The third kappa shape index (κ3) is 4.57. The highest BCUT2D eigenvalue weighted by atomic mass is 16.5. The number of rotatable bonds is 5. The van der Waals surface area contributed by atoms with Gasteiger partial charge in [-0.25, -0.2) is 0 Å². The molecule has 1 rings (SSSR count). The predicted molar refractivity (Wildman–Crippen MR) is 51.5 cm³/mol. The van der Waals surface area contributed by atoms with Crippen LogP contribution in [0.2, 0.25) is 0 Å². The Bertz CT molecular complexity index is 211. The number of ether oxygens (including phenoxy) is 1. The third-order valence-corrected chi connectivity index (χ3v) is 2.31. The molecule has 6 heteroatoms. The van der Waals surface area contributed by atoms with Crippen LogP contribution >= 0.6 is 0 Å². The van der Waals surface area contributed by atoms with Crippen LogP contribution in [0.1, 0.15) is 6.42 Å². The van der Waals surface area contributed by atoms with Gasteiger partial charge in [-0.15, -0.1) is 0 Å². The van der Waals surface area contributed by atoms with E-state index in [0.717, 1.165) is 0 Å². The minimum absolute atomic E-state index is 0.0501. The maximum Gasteiger partial charge on any atom is 0.306 e. The normalized spacial score (nSPS) is 25.1. The zero-order valence-corrected chi connectivity index (χ0v) is 8.50. The number of aliphatic hydroxyl groups excluding tert-OH is 2. The molecule has 1 aliphatic rings. The van der Waals surface area contributed by atoms with Crippen LogP contribution < -0.4 is 0 Å². The number of carbonyl (C=O) groups is 1. The van der Waals surface area contributed by atoms with E-state index < -0.39 is 12.1 Å². The number of hydrogen-bond donors (Lipinski definition) is 3. The van der Waals surface area contributed by atoms with Crippen molar-refractivity contribution in [2.45, 2.75) is 18.6 Å². The first-order valence-electron chi connectivity index (χ1n) is 4.96. The first-order valence-corrected chi connectivity index (χ1v) is 4.96. The summed E-state index contributed by atoms with van der Waals surface area (Å²) in [4.78, 5) is 12.2. The molecule has 1 aliphatic heterocycles. The average Bonchev–Trinajstić information content (AvgIpc) is 2.16. The Balaban J connectivity index is 2.27. The SMILES string of the molecule is O=C(O)CC(O)CN1CCOC(CO)C1. The number of carboxylic acids is 1. The van der Waals surface area contributed by atoms with Gasteiger partial charge >= 0.3 is 5.97 Å². The van der Waals surface area contributed by atoms with E-state index in [1.54, 1.807) is 0 Å². The highest BCUT2D eigenvalue weighted by molar-refractivity contribution is 5.67. The fraction of sp³-hybridized carbons (Fsp3) is 0.889. The standard InChI is InChI=1S/C9H17NO5/c11-6-8-5-10(1-2-15-8)4-7(12)3-9(13)14/h7-8,11-12H,1-6H2,(H,13,14). The molecule has 6 nitrogen and oxygen atoms in total. The molecule has 3 N–H and O–H groups in total. The van der Waals surface area contributed by atoms with Crippen molar-refractivity contribution in [3.05, 3.63) is 0 Å².